The highest BCUT2D eigenvalue weighted by molar-refractivity contribution is 7.80. The number of hydrogen-bond acceptors (Lipinski definition) is 9. The fraction of sp³-hybridized carbons (Fsp3) is 0.524. The van der Waals surface area contributed by atoms with Crippen molar-refractivity contribution in [3.63, 3.8) is 0 Å². The van der Waals surface area contributed by atoms with Crippen molar-refractivity contribution in [2.24, 2.45) is 11.5 Å². The molecule has 1 aromatic carbocycles. The Bertz CT molecular complexity index is 824. The fourth-order valence-electron chi connectivity index (χ4n) is 2.93. The zero-order valence-electron chi connectivity index (χ0n) is 18.6. The number of carboxylic acids is 1. The van der Waals surface area contributed by atoms with Gasteiger partial charge in [0.05, 0.1) is 12.6 Å². The van der Waals surface area contributed by atoms with Gasteiger partial charge in [0.25, 0.3) is 0 Å². The lowest BCUT2D eigenvalue weighted by atomic mass is 10.0. The lowest BCUT2D eigenvalue weighted by Crippen LogP contribution is -2.58. The molecule has 0 saturated heterocycles. The van der Waals surface area contributed by atoms with E-state index >= 15 is 0 Å². The Labute approximate surface area is 202 Å². The van der Waals surface area contributed by atoms with Gasteiger partial charge in [0, 0.05) is 12.2 Å². The van der Waals surface area contributed by atoms with Crippen molar-refractivity contribution < 1.29 is 34.5 Å². The summed E-state index contributed by atoms with van der Waals surface area (Å²) in [6.45, 7) is -0.416. The number of amides is 3. The summed E-state index contributed by atoms with van der Waals surface area (Å²) < 4.78 is 0. The number of benzene rings is 1. The minimum Gasteiger partial charge on any atom is -0.508 e. The second kappa shape index (κ2) is 15.1. The van der Waals surface area contributed by atoms with Gasteiger partial charge in [-0.25, -0.2) is 4.79 Å². The number of nitrogens with two attached hydrogens (primary N) is 2. The Morgan fingerprint density at radius 2 is 1.47 bits per heavy atom. The van der Waals surface area contributed by atoms with Crippen molar-refractivity contribution in [3.8, 4) is 5.75 Å². The maximum absolute atomic E-state index is 12.8. The number of phenolic OH excluding ortho intramolecular Hbond substituents is 1. The molecule has 0 bridgehead atoms. The van der Waals surface area contributed by atoms with E-state index in [0.29, 0.717) is 24.9 Å². The Hall–Kier alpha value is -2.87. The van der Waals surface area contributed by atoms with Crippen LogP contribution in [0.2, 0.25) is 0 Å². The third kappa shape index (κ3) is 9.95. The number of carbonyl (C=O) groups is 4. The van der Waals surface area contributed by atoms with Gasteiger partial charge in [-0.05, 0) is 43.5 Å². The van der Waals surface area contributed by atoms with Gasteiger partial charge in [-0.2, -0.15) is 12.6 Å². The van der Waals surface area contributed by atoms with Crippen LogP contribution in [-0.4, -0.2) is 82.1 Å². The number of nitrogens with one attached hydrogen (secondary N) is 3. The molecule has 0 radical (unpaired) electrons. The SMILES string of the molecule is NCCCCC(NC(=O)C(N)CS)C(=O)NC(CO)C(=O)NC(Cc1ccc(O)cc1)C(=O)O. The largest absolute Gasteiger partial charge is 0.508 e. The first-order chi connectivity index (χ1) is 16.1. The van der Waals surface area contributed by atoms with E-state index in [1.165, 1.54) is 24.3 Å². The van der Waals surface area contributed by atoms with Gasteiger partial charge in [0.1, 0.15) is 23.9 Å². The third-order valence-electron chi connectivity index (χ3n) is 4.92. The average molecular weight is 500 g/mol. The number of thiol groups is 1. The Morgan fingerprint density at radius 3 is 2.00 bits per heavy atom. The van der Waals surface area contributed by atoms with Crippen LogP contribution < -0.4 is 27.4 Å². The normalized spacial score (nSPS) is 14.4. The molecule has 13 heteroatoms. The van der Waals surface area contributed by atoms with Crippen LogP contribution >= 0.6 is 12.6 Å². The summed E-state index contributed by atoms with van der Waals surface area (Å²) in [6.07, 6.45) is 1.23. The molecule has 34 heavy (non-hydrogen) atoms. The number of hydrogen-bond donors (Lipinski definition) is 9. The lowest BCUT2D eigenvalue weighted by molar-refractivity contribution is -0.142. The first kappa shape index (κ1) is 29.2. The molecular weight excluding hydrogens is 466 g/mol. The number of aromatic hydroxyl groups is 1. The number of aliphatic hydroxyl groups is 1. The highest BCUT2D eigenvalue weighted by atomic mass is 32.1. The highest BCUT2D eigenvalue weighted by Crippen LogP contribution is 2.11. The second-order valence-electron chi connectivity index (χ2n) is 7.65. The summed E-state index contributed by atoms with van der Waals surface area (Å²) in [6, 6.07) is 0.982. The first-order valence-corrected chi connectivity index (χ1v) is 11.3. The zero-order valence-corrected chi connectivity index (χ0v) is 19.5. The van der Waals surface area contributed by atoms with E-state index in [1.807, 2.05) is 0 Å². The molecule has 1 aromatic rings. The van der Waals surface area contributed by atoms with E-state index in [0.717, 1.165) is 0 Å². The smallest absolute Gasteiger partial charge is 0.326 e. The van der Waals surface area contributed by atoms with Gasteiger partial charge in [0.15, 0.2) is 0 Å². The van der Waals surface area contributed by atoms with E-state index in [4.69, 9.17) is 11.5 Å². The molecule has 0 aliphatic heterocycles. The Morgan fingerprint density at radius 1 is 0.912 bits per heavy atom. The molecule has 0 spiro atoms. The molecule has 0 saturated carbocycles. The molecule has 0 aliphatic rings. The van der Waals surface area contributed by atoms with Crippen molar-refractivity contribution in [1.82, 2.24) is 16.0 Å². The van der Waals surface area contributed by atoms with E-state index in [9.17, 15) is 34.5 Å². The fourth-order valence-corrected chi connectivity index (χ4v) is 3.10. The van der Waals surface area contributed by atoms with Crippen LogP contribution in [0.3, 0.4) is 0 Å². The molecule has 0 fully saturated rings. The molecule has 190 valence electrons. The highest BCUT2D eigenvalue weighted by Gasteiger charge is 2.29. The standard InChI is InChI=1S/C21H33N5O7S/c22-8-2-1-3-15(24-18(29)14(23)11-34)19(30)26-17(10-27)20(31)25-16(21(32)33)9-12-4-6-13(28)7-5-12/h4-7,14-17,27-28,34H,1-3,8-11,22-23H2,(H,24,29)(H,25,31)(H,26,30)(H,32,33). The van der Waals surface area contributed by atoms with Crippen LogP contribution in [0.25, 0.3) is 0 Å². The number of rotatable bonds is 15. The summed E-state index contributed by atoms with van der Waals surface area (Å²) >= 11 is 3.95. The zero-order chi connectivity index (χ0) is 25.7. The molecule has 0 heterocycles. The number of carboxylic acid groups (broad SMARTS) is 1. The third-order valence-corrected chi connectivity index (χ3v) is 5.31. The first-order valence-electron chi connectivity index (χ1n) is 10.7. The molecule has 12 nitrogen and oxygen atoms in total. The molecule has 10 N–H and O–H groups in total. The van der Waals surface area contributed by atoms with Crippen molar-refractivity contribution in [3.05, 3.63) is 29.8 Å². The monoisotopic (exact) mass is 499 g/mol. The quantitative estimate of drug-likeness (QED) is 0.0948. The molecular formula is C21H33N5O7S. The van der Waals surface area contributed by atoms with Gasteiger partial charge in [0.2, 0.25) is 17.7 Å². The van der Waals surface area contributed by atoms with Gasteiger partial charge < -0.3 is 42.7 Å². The topological polar surface area (TPSA) is 217 Å². The van der Waals surface area contributed by atoms with Crippen LogP contribution in [0.4, 0.5) is 0 Å². The number of carbonyl (C=O) groups excluding carboxylic acids is 3. The van der Waals surface area contributed by atoms with Crippen molar-refractivity contribution >= 4 is 36.3 Å². The molecule has 0 aromatic heterocycles. The predicted octanol–water partition coefficient (Wildman–Crippen LogP) is -2.15. The van der Waals surface area contributed by atoms with Gasteiger partial charge >= 0.3 is 5.97 Å². The van der Waals surface area contributed by atoms with Crippen LogP contribution in [0, 0.1) is 0 Å². The maximum Gasteiger partial charge on any atom is 0.326 e. The van der Waals surface area contributed by atoms with E-state index in [-0.39, 0.29) is 24.3 Å². The van der Waals surface area contributed by atoms with Crippen molar-refractivity contribution in [1.29, 1.82) is 0 Å². The van der Waals surface area contributed by atoms with Crippen LogP contribution in [0.5, 0.6) is 5.75 Å². The van der Waals surface area contributed by atoms with Crippen LogP contribution in [0.1, 0.15) is 24.8 Å². The van der Waals surface area contributed by atoms with Gasteiger partial charge in [-0.3, -0.25) is 14.4 Å². The summed E-state index contributed by atoms with van der Waals surface area (Å²) in [5, 5.41) is 35.6. The van der Waals surface area contributed by atoms with E-state index in [2.05, 4.69) is 28.6 Å². The van der Waals surface area contributed by atoms with Gasteiger partial charge in [-0.1, -0.05) is 12.1 Å². The van der Waals surface area contributed by atoms with Gasteiger partial charge in [-0.15, -0.1) is 0 Å². The number of unbranched alkanes of at least 4 members (excludes halogenated alkanes) is 1. The van der Waals surface area contributed by atoms with Crippen LogP contribution in [-0.2, 0) is 25.6 Å². The number of phenols is 1. The summed E-state index contributed by atoms with van der Waals surface area (Å²) in [5.41, 5.74) is 11.6. The number of aliphatic hydroxyl groups excluding tert-OH is 1. The molecule has 0 aliphatic carbocycles. The van der Waals surface area contributed by atoms with Crippen molar-refractivity contribution in [2.75, 3.05) is 18.9 Å². The second-order valence-corrected chi connectivity index (χ2v) is 8.01. The average Bonchev–Trinajstić information content (AvgIpc) is 2.81. The Kier molecular flexibility index (Phi) is 13.0. The summed E-state index contributed by atoms with van der Waals surface area (Å²) in [5.74, 6) is -3.52. The summed E-state index contributed by atoms with van der Waals surface area (Å²) in [4.78, 5) is 49.1. The molecule has 3 amide bonds. The summed E-state index contributed by atoms with van der Waals surface area (Å²) in [7, 11) is 0. The van der Waals surface area contributed by atoms with E-state index in [1.54, 1.807) is 0 Å². The maximum atomic E-state index is 12.8. The Balaban J connectivity index is 2.86. The minimum absolute atomic E-state index is 0.00570. The minimum atomic E-state index is -1.46. The van der Waals surface area contributed by atoms with E-state index < -0.39 is 54.5 Å². The number of aliphatic carboxylic acids is 1. The lowest BCUT2D eigenvalue weighted by Gasteiger charge is -2.24. The molecule has 1 rings (SSSR count). The molecule has 4 unspecified atom stereocenters. The van der Waals surface area contributed by atoms with Crippen molar-refractivity contribution in [2.45, 2.75) is 49.9 Å². The molecule has 4 atom stereocenters. The predicted molar refractivity (Wildman–Crippen MR) is 127 cm³/mol. The van der Waals surface area contributed by atoms with Crippen LogP contribution in [0.15, 0.2) is 24.3 Å².